The summed E-state index contributed by atoms with van der Waals surface area (Å²) in [5.74, 6) is -0.328. The van der Waals surface area contributed by atoms with Gasteiger partial charge < -0.3 is 15.0 Å². The molecule has 19 heavy (non-hydrogen) atoms. The van der Waals surface area contributed by atoms with E-state index in [-0.39, 0.29) is 18.4 Å². The summed E-state index contributed by atoms with van der Waals surface area (Å²) in [7, 11) is 0. The van der Waals surface area contributed by atoms with Gasteiger partial charge in [0.2, 0.25) is 0 Å². The van der Waals surface area contributed by atoms with Crippen LogP contribution in [0.25, 0.3) is 0 Å². The number of hydrogen-bond acceptors (Lipinski definition) is 4. The molecular weight excluding hydrogens is 287 g/mol. The number of hydrogen-bond donors (Lipinski definition) is 1. The second-order valence-electron chi connectivity index (χ2n) is 4.12. The molecule has 0 aliphatic carbocycles. The molecule has 0 unspecified atom stereocenters. The summed E-state index contributed by atoms with van der Waals surface area (Å²) in [5, 5.41) is 3.89. The first-order valence-corrected chi connectivity index (χ1v) is 6.52. The van der Waals surface area contributed by atoms with Crippen molar-refractivity contribution >= 4 is 35.7 Å². The number of carbonyl (C=O) groups excluding carboxylic acids is 1. The minimum absolute atomic E-state index is 0. The number of rotatable bonds is 3. The van der Waals surface area contributed by atoms with Crippen LogP contribution in [0.1, 0.15) is 17.3 Å². The van der Waals surface area contributed by atoms with E-state index in [4.69, 9.17) is 16.3 Å². The molecular formula is C13H18Cl2N2O2. The third-order valence-corrected chi connectivity index (χ3v) is 3.22. The Kier molecular flexibility index (Phi) is 6.42. The predicted molar refractivity (Wildman–Crippen MR) is 79.7 cm³/mol. The van der Waals surface area contributed by atoms with E-state index in [1.54, 1.807) is 19.1 Å². The highest BCUT2D eigenvalue weighted by Crippen LogP contribution is 2.27. The first-order chi connectivity index (χ1) is 8.72. The van der Waals surface area contributed by atoms with Gasteiger partial charge in [-0.1, -0.05) is 11.6 Å². The van der Waals surface area contributed by atoms with E-state index in [2.05, 4.69) is 10.2 Å². The third kappa shape index (κ3) is 4.00. The Bertz CT molecular complexity index is 435. The largest absolute Gasteiger partial charge is 0.462 e. The molecule has 0 atom stereocenters. The quantitative estimate of drug-likeness (QED) is 0.871. The summed E-state index contributed by atoms with van der Waals surface area (Å²) < 4.78 is 4.95. The maximum absolute atomic E-state index is 11.6. The van der Waals surface area contributed by atoms with Gasteiger partial charge in [0.1, 0.15) is 0 Å². The third-order valence-electron chi connectivity index (χ3n) is 2.92. The van der Waals surface area contributed by atoms with Gasteiger partial charge in [-0.25, -0.2) is 4.79 Å². The molecule has 1 aliphatic heterocycles. The Morgan fingerprint density at radius 1 is 1.42 bits per heavy atom. The number of anilines is 1. The van der Waals surface area contributed by atoms with E-state index in [1.165, 1.54) is 0 Å². The number of ether oxygens (including phenoxy) is 1. The van der Waals surface area contributed by atoms with Crippen molar-refractivity contribution in [2.24, 2.45) is 0 Å². The second kappa shape index (κ2) is 7.58. The standard InChI is InChI=1S/C13H17ClN2O2.ClH/c1-2-18-13(17)10-3-4-12(11(14)9-10)16-7-5-15-6-8-16;/h3-4,9,15H,2,5-8H2,1H3;1H. The number of esters is 1. The fourth-order valence-electron chi connectivity index (χ4n) is 2.01. The van der Waals surface area contributed by atoms with E-state index < -0.39 is 0 Å². The zero-order valence-electron chi connectivity index (χ0n) is 10.8. The highest BCUT2D eigenvalue weighted by Gasteiger charge is 2.15. The lowest BCUT2D eigenvalue weighted by Gasteiger charge is -2.30. The Balaban J connectivity index is 0.00000180. The number of halogens is 2. The fourth-order valence-corrected chi connectivity index (χ4v) is 2.31. The van der Waals surface area contributed by atoms with Crippen LogP contribution in [-0.2, 0) is 4.74 Å². The zero-order chi connectivity index (χ0) is 13.0. The predicted octanol–water partition coefficient (Wildman–Crippen LogP) is 2.35. The summed E-state index contributed by atoms with van der Waals surface area (Å²) in [6, 6.07) is 5.33. The number of nitrogens with one attached hydrogen (secondary N) is 1. The Labute approximate surface area is 124 Å². The van der Waals surface area contributed by atoms with Crippen molar-refractivity contribution < 1.29 is 9.53 Å². The highest BCUT2D eigenvalue weighted by molar-refractivity contribution is 6.33. The monoisotopic (exact) mass is 304 g/mol. The minimum atomic E-state index is -0.328. The van der Waals surface area contributed by atoms with Crippen LogP contribution in [0.15, 0.2) is 18.2 Å². The van der Waals surface area contributed by atoms with Crippen molar-refractivity contribution in [2.45, 2.75) is 6.92 Å². The van der Waals surface area contributed by atoms with E-state index in [0.717, 1.165) is 31.9 Å². The average Bonchev–Trinajstić information content (AvgIpc) is 2.40. The first-order valence-electron chi connectivity index (χ1n) is 6.14. The fraction of sp³-hybridized carbons (Fsp3) is 0.462. The molecule has 4 nitrogen and oxygen atoms in total. The van der Waals surface area contributed by atoms with Gasteiger partial charge >= 0.3 is 5.97 Å². The van der Waals surface area contributed by atoms with Gasteiger partial charge in [0, 0.05) is 26.2 Å². The Morgan fingerprint density at radius 2 is 2.11 bits per heavy atom. The molecule has 1 saturated heterocycles. The Morgan fingerprint density at radius 3 is 2.68 bits per heavy atom. The highest BCUT2D eigenvalue weighted by atomic mass is 35.5. The maximum Gasteiger partial charge on any atom is 0.338 e. The lowest BCUT2D eigenvalue weighted by atomic mass is 10.2. The topological polar surface area (TPSA) is 41.6 Å². The summed E-state index contributed by atoms with van der Waals surface area (Å²) in [5.41, 5.74) is 1.48. The van der Waals surface area contributed by atoms with Crippen LogP contribution in [-0.4, -0.2) is 38.8 Å². The van der Waals surface area contributed by atoms with Crippen molar-refractivity contribution in [2.75, 3.05) is 37.7 Å². The second-order valence-corrected chi connectivity index (χ2v) is 4.53. The van der Waals surface area contributed by atoms with Crippen LogP contribution in [0.4, 0.5) is 5.69 Å². The van der Waals surface area contributed by atoms with Gasteiger partial charge in [-0.15, -0.1) is 12.4 Å². The van der Waals surface area contributed by atoms with E-state index in [0.29, 0.717) is 17.2 Å². The lowest BCUT2D eigenvalue weighted by molar-refractivity contribution is 0.0526. The number of carbonyl (C=O) groups is 1. The van der Waals surface area contributed by atoms with Gasteiger partial charge in [-0.05, 0) is 25.1 Å². The number of piperazine rings is 1. The maximum atomic E-state index is 11.6. The van der Waals surface area contributed by atoms with Crippen molar-refractivity contribution in [3.05, 3.63) is 28.8 Å². The van der Waals surface area contributed by atoms with Crippen LogP contribution < -0.4 is 10.2 Å². The molecule has 6 heteroatoms. The summed E-state index contributed by atoms with van der Waals surface area (Å²) >= 11 is 6.24. The number of benzene rings is 1. The van der Waals surface area contributed by atoms with Gasteiger partial charge in [-0.3, -0.25) is 0 Å². The lowest BCUT2D eigenvalue weighted by Crippen LogP contribution is -2.43. The smallest absolute Gasteiger partial charge is 0.338 e. The summed E-state index contributed by atoms with van der Waals surface area (Å²) in [6.07, 6.45) is 0. The molecule has 1 aromatic rings. The normalized spacial score (nSPS) is 14.7. The van der Waals surface area contributed by atoms with Crippen molar-refractivity contribution in [1.29, 1.82) is 0 Å². The summed E-state index contributed by atoms with van der Waals surface area (Å²) in [4.78, 5) is 13.8. The molecule has 2 rings (SSSR count). The molecule has 1 fully saturated rings. The van der Waals surface area contributed by atoms with Crippen LogP contribution in [0.2, 0.25) is 5.02 Å². The molecule has 0 aromatic heterocycles. The molecule has 1 aliphatic rings. The molecule has 0 spiro atoms. The summed E-state index contributed by atoms with van der Waals surface area (Å²) in [6.45, 7) is 5.92. The van der Waals surface area contributed by atoms with Gasteiger partial charge in [0.05, 0.1) is 22.9 Å². The van der Waals surface area contributed by atoms with Gasteiger partial charge in [0.25, 0.3) is 0 Å². The van der Waals surface area contributed by atoms with E-state index in [9.17, 15) is 4.79 Å². The van der Waals surface area contributed by atoms with Crippen LogP contribution >= 0.6 is 24.0 Å². The first kappa shape index (κ1) is 16.1. The van der Waals surface area contributed by atoms with Crippen LogP contribution in [0.3, 0.4) is 0 Å². The van der Waals surface area contributed by atoms with Gasteiger partial charge in [-0.2, -0.15) is 0 Å². The van der Waals surface area contributed by atoms with E-state index in [1.807, 2.05) is 6.07 Å². The van der Waals surface area contributed by atoms with Crippen LogP contribution in [0.5, 0.6) is 0 Å². The molecule has 0 saturated carbocycles. The SMILES string of the molecule is CCOC(=O)c1ccc(N2CCNCC2)c(Cl)c1.Cl. The Hall–Kier alpha value is -0.970. The average molecular weight is 305 g/mol. The minimum Gasteiger partial charge on any atom is -0.462 e. The van der Waals surface area contributed by atoms with Crippen molar-refractivity contribution in [3.63, 3.8) is 0 Å². The van der Waals surface area contributed by atoms with Gasteiger partial charge in [0.15, 0.2) is 0 Å². The number of nitrogens with zero attached hydrogens (tertiary/aromatic N) is 1. The molecule has 106 valence electrons. The van der Waals surface area contributed by atoms with Crippen LogP contribution in [0, 0.1) is 0 Å². The molecule has 1 aromatic carbocycles. The van der Waals surface area contributed by atoms with Crippen molar-refractivity contribution in [3.8, 4) is 0 Å². The van der Waals surface area contributed by atoms with E-state index >= 15 is 0 Å². The molecule has 1 N–H and O–H groups in total. The zero-order valence-corrected chi connectivity index (χ0v) is 12.4. The van der Waals surface area contributed by atoms with Crippen molar-refractivity contribution in [1.82, 2.24) is 5.32 Å². The molecule has 0 radical (unpaired) electrons. The molecule has 0 bridgehead atoms. The molecule has 0 amide bonds. The molecule has 1 heterocycles.